The van der Waals surface area contributed by atoms with Crippen molar-refractivity contribution in [2.75, 3.05) is 5.32 Å². The molecule has 7 nitrogen and oxygen atoms in total. The van der Waals surface area contributed by atoms with Crippen LogP contribution in [0.5, 0.6) is 0 Å². The maximum Gasteiger partial charge on any atom is 0.326 e. The molecule has 0 spiro atoms. The quantitative estimate of drug-likeness (QED) is 0.576. The monoisotopic (exact) mass is 383 g/mol. The molecule has 26 heavy (non-hydrogen) atoms. The number of hydrogen-bond acceptors (Lipinski definition) is 3. The van der Waals surface area contributed by atoms with Crippen LogP contribution in [0.1, 0.15) is 57.3 Å². The topological polar surface area (TPSA) is 108 Å². The van der Waals surface area contributed by atoms with Crippen molar-refractivity contribution in [3.05, 3.63) is 28.8 Å². The minimum absolute atomic E-state index is 0.1000. The first-order chi connectivity index (χ1) is 12.0. The summed E-state index contributed by atoms with van der Waals surface area (Å²) in [6, 6.07) is 3.05. The molecule has 0 fully saturated rings. The highest BCUT2D eigenvalue weighted by Gasteiger charge is 2.22. The molecule has 0 aliphatic rings. The second-order valence-electron chi connectivity index (χ2n) is 7.03. The van der Waals surface area contributed by atoms with Gasteiger partial charge in [0.1, 0.15) is 6.04 Å². The van der Waals surface area contributed by atoms with E-state index in [-0.39, 0.29) is 10.6 Å². The lowest BCUT2D eigenvalue weighted by Gasteiger charge is -2.21. The van der Waals surface area contributed by atoms with Crippen molar-refractivity contribution in [2.45, 2.75) is 58.5 Å². The highest BCUT2D eigenvalue weighted by atomic mass is 35.5. The largest absolute Gasteiger partial charge is 0.480 e. The van der Waals surface area contributed by atoms with Crippen LogP contribution in [0, 0.1) is 0 Å². The van der Waals surface area contributed by atoms with Crippen molar-refractivity contribution in [3.63, 3.8) is 0 Å². The number of benzene rings is 1. The minimum Gasteiger partial charge on any atom is -0.480 e. The first-order valence-electron chi connectivity index (χ1n) is 8.46. The zero-order chi connectivity index (χ0) is 19.9. The molecule has 0 aromatic heterocycles. The van der Waals surface area contributed by atoms with Gasteiger partial charge in [-0.15, -0.1) is 0 Å². The molecule has 1 aromatic carbocycles. The van der Waals surface area contributed by atoms with Gasteiger partial charge in [-0.2, -0.15) is 0 Å². The third-order valence-electron chi connectivity index (χ3n) is 3.41. The van der Waals surface area contributed by atoms with Crippen LogP contribution in [0.2, 0.25) is 5.02 Å². The average molecular weight is 384 g/mol. The summed E-state index contributed by atoms with van der Waals surface area (Å²) < 4.78 is 0. The van der Waals surface area contributed by atoms with Crippen molar-refractivity contribution in [3.8, 4) is 0 Å². The van der Waals surface area contributed by atoms with Gasteiger partial charge >= 0.3 is 12.0 Å². The molecule has 144 valence electrons. The number of nitrogens with one attached hydrogen (secondary N) is 3. The number of anilines is 1. The van der Waals surface area contributed by atoms with E-state index in [1.807, 2.05) is 27.7 Å². The lowest BCUT2D eigenvalue weighted by atomic mass is 10.1. The van der Waals surface area contributed by atoms with Crippen LogP contribution >= 0.6 is 11.6 Å². The molecule has 0 aliphatic carbocycles. The van der Waals surface area contributed by atoms with Crippen LogP contribution in [-0.4, -0.2) is 34.6 Å². The molecule has 0 radical (unpaired) electrons. The average Bonchev–Trinajstić information content (AvgIpc) is 2.50. The number of halogens is 1. The number of carboxylic acids is 1. The molecule has 0 unspecified atom stereocenters. The van der Waals surface area contributed by atoms with E-state index in [4.69, 9.17) is 11.6 Å². The number of aliphatic carboxylic acids is 1. The highest BCUT2D eigenvalue weighted by molar-refractivity contribution is 6.34. The van der Waals surface area contributed by atoms with E-state index in [0.717, 1.165) is 6.42 Å². The zero-order valence-electron chi connectivity index (χ0n) is 15.5. The van der Waals surface area contributed by atoms with E-state index in [2.05, 4.69) is 16.0 Å². The lowest BCUT2D eigenvalue weighted by Crippen LogP contribution is -2.43. The molecule has 0 heterocycles. The molecular formula is C18H26ClN3O4. The van der Waals surface area contributed by atoms with Gasteiger partial charge < -0.3 is 21.1 Å². The van der Waals surface area contributed by atoms with Gasteiger partial charge in [0.25, 0.3) is 5.91 Å². The zero-order valence-corrected chi connectivity index (χ0v) is 16.2. The van der Waals surface area contributed by atoms with E-state index < -0.39 is 29.5 Å². The molecular weight excluding hydrogens is 358 g/mol. The Labute approximate surface area is 158 Å². The molecule has 1 aromatic rings. The number of rotatable bonds is 7. The number of urea groups is 1. The van der Waals surface area contributed by atoms with Gasteiger partial charge in [-0.25, -0.2) is 9.59 Å². The molecule has 4 N–H and O–H groups in total. The third-order valence-corrected chi connectivity index (χ3v) is 3.74. The predicted molar refractivity (Wildman–Crippen MR) is 102 cm³/mol. The summed E-state index contributed by atoms with van der Waals surface area (Å²) in [5.41, 5.74) is 0.0646. The molecule has 0 saturated carbocycles. The molecule has 1 rings (SSSR count). The fourth-order valence-corrected chi connectivity index (χ4v) is 2.38. The Hall–Kier alpha value is -2.28. The fraction of sp³-hybridized carbons (Fsp3) is 0.500. The third kappa shape index (κ3) is 7.31. The summed E-state index contributed by atoms with van der Waals surface area (Å²) in [6.45, 7) is 7.47. The van der Waals surface area contributed by atoms with Crippen LogP contribution in [0.15, 0.2) is 18.2 Å². The van der Waals surface area contributed by atoms with Crippen molar-refractivity contribution >= 4 is 35.2 Å². The molecule has 8 heteroatoms. The lowest BCUT2D eigenvalue weighted by molar-refractivity contribution is -0.139. The van der Waals surface area contributed by atoms with Gasteiger partial charge in [0.15, 0.2) is 0 Å². The maximum atomic E-state index is 12.4. The Morgan fingerprint density at radius 3 is 2.42 bits per heavy atom. The van der Waals surface area contributed by atoms with E-state index in [9.17, 15) is 19.5 Å². The Balaban J connectivity index is 2.90. The van der Waals surface area contributed by atoms with Gasteiger partial charge in [-0.1, -0.05) is 31.4 Å². The predicted octanol–water partition coefficient (Wildman–Crippen LogP) is 3.63. The molecule has 0 saturated heterocycles. The number of carbonyl (C=O) groups is 3. The van der Waals surface area contributed by atoms with Gasteiger partial charge in [0.05, 0.1) is 10.6 Å². The summed E-state index contributed by atoms with van der Waals surface area (Å²) in [4.78, 5) is 35.7. The van der Waals surface area contributed by atoms with Crippen LogP contribution in [-0.2, 0) is 4.79 Å². The van der Waals surface area contributed by atoms with E-state index >= 15 is 0 Å². The SMILES string of the molecule is CCCC[C@H](NC(=O)c1cc(NC(=O)NC(C)(C)C)ccc1Cl)C(=O)O. The van der Waals surface area contributed by atoms with Crippen LogP contribution in [0.3, 0.4) is 0 Å². The fourth-order valence-electron chi connectivity index (χ4n) is 2.18. The first-order valence-corrected chi connectivity index (χ1v) is 8.83. The van der Waals surface area contributed by atoms with Crippen LogP contribution < -0.4 is 16.0 Å². The van der Waals surface area contributed by atoms with Gasteiger partial charge in [0, 0.05) is 11.2 Å². The van der Waals surface area contributed by atoms with Gasteiger partial charge in [-0.3, -0.25) is 4.79 Å². The summed E-state index contributed by atoms with van der Waals surface area (Å²) >= 11 is 6.06. The number of carboxylic acid groups (broad SMARTS) is 1. The van der Waals surface area contributed by atoms with Crippen LogP contribution in [0.4, 0.5) is 10.5 Å². The Morgan fingerprint density at radius 2 is 1.88 bits per heavy atom. The molecule has 0 bridgehead atoms. The minimum atomic E-state index is -1.10. The first kappa shape index (κ1) is 21.8. The van der Waals surface area contributed by atoms with Crippen molar-refractivity contribution in [1.29, 1.82) is 0 Å². The standard InChI is InChI=1S/C18H26ClN3O4/c1-5-6-7-14(16(24)25)21-15(23)12-10-11(8-9-13(12)19)20-17(26)22-18(2,3)4/h8-10,14H,5-7H2,1-4H3,(H,21,23)(H,24,25)(H2,20,22,26)/t14-/m0/s1. The van der Waals surface area contributed by atoms with Gasteiger partial charge in [0.2, 0.25) is 0 Å². The van der Waals surface area contributed by atoms with Gasteiger partial charge in [-0.05, 0) is 45.4 Å². The summed E-state index contributed by atoms with van der Waals surface area (Å²) in [5.74, 6) is -1.69. The number of unbranched alkanes of at least 4 members (excludes halogenated alkanes) is 1. The summed E-state index contributed by atoms with van der Waals surface area (Å²) in [5, 5.41) is 17.2. The number of hydrogen-bond donors (Lipinski definition) is 4. The second-order valence-corrected chi connectivity index (χ2v) is 7.44. The highest BCUT2D eigenvalue weighted by Crippen LogP contribution is 2.21. The Morgan fingerprint density at radius 1 is 1.23 bits per heavy atom. The maximum absolute atomic E-state index is 12.4. The number of carbonyl (C=O) groups excluding carboxylic acids is 2. The van der Waals surface area contributed by atoms with Crippen molar-refractivity contribution < 1.29 is 19.5 Å². The number of amides is 3. The second kappa shape index (κ2) is 9.43. The summed E-state index contributed by atoms with van der Waals surface area (Å²) in [7, 11) is 0. The van der Waals surface area contributed by atoms with E-state index in [1.54, 1.807) is 6.07 Å². The van der Waals surface area contributed by atoms with Crippen molar-refractivity contribution in [2.24, 2.45) is 0 Å². The van der Waals surface area contributed by atoms with Crippen molar-refractivity contribution in [1.82, 2.24) is 10.6 Å². The summed E-state index contributed by atoms with van der Waals surface area (Å²) in [6.07, 6.45) is 1.84. The van der Waals surface area contributed by atoms with E-state index in [0.29, 0.717) is 18.5 Å². The van der Waals surface area contributed by atoms with E-state index in [1.165, 1.54) is 12.1 Å². The molecule has 1 atom stereocenters. The Bertz CT molecular complexity index is 671. The van der Waals surface area contributed by atoms with Crippen LogP contribution in [0.25, 0.3) is 0 Å². The molecule has 0 aliphatic heterocycles. The molecule has 3 amide bonds. The normalized spacial score (nSPS) is 12.2. The Kier molecular flexibility index (Phi) is 7.89. The smallest absolute Gasteiger partial charge is 0.326 e.